The summed E-state index contributed by atoms with van der Waals surface area (Å²) in [5.74, 6) is -0.756. The number of benzene rings is 2. The molecule has 1 saturated heterocycles. The van der Waals surface area contributed by atoms with Gasteiger partial charge in [0.25, 0.3) is 11.8 Å². The standard InChI is InChI=1S/C27H30FN3O2/c28-21-14-12-20(13-15-21)24-25(27(33)31(26(24)32)23-10-4-1-2-5-11-23)30-18-16-29(17-19-30)22-8-6-3-7-9-22/h3,6-9,12-15,23H,1-2,4-5,10-11,16-19H2. The van der Waals surface area contributed by atoms with Crippen molar-refractivity contribution in [1.82, 2.24) is 9.80 Å². The van der Waals surface area contributed by atoms with Crippen LogP contribution in [0.15, 0.2) is 60.3 Å². The molecule has 2 fully saturated rings. The van der Waals surface area contributed by atoms with Gasteiger partial charge in [-0.05, 0) is 42.7 Å². The van der Waals surface area contributed by atoms with Crippen LogP contribution in [0.2, 0.25) is 0 Å². The molecule has 5 nitrogen and oxygen atoms in total. The summed E-state index contributed by atoms with van der Waals surface area (Å²) in [6.07, 6.45) is 6.11. The van der Waals surface area contributed by atoms with Gasteiger partial charge in [-0.15, -0.1) is 0 Å². The van der Waals surface area contributed by atoms with Crippen LogP contribution in [-0.4, -0.2) is 53.8 Å². The number of rotatable bonds is 4. The summed E-state index contributed by atoms with van der Waals surface area (Å²) in [7, 11) is 0. The van der Waals surface area contributed by atoms with Gasteiger partial charge in [-0.3, -0.25) is 14.5 Å². The third kappa shape index (κ3) is 4.26. The molecule has 1 aliphatic carbocycles. The Labute approximate surface area is 194 Å². The number of carbonyl (C=O) groups is 2. The number of nitrogens with zero attached hydrogens (tertiary/aromatic N) is 3. The van der Waals surface area contributed by atoms with Crippen LogP contribution < -0.4 is 4.90 Å². The number of amides is 2. The average molecular weight is 448 g/mol. The molecule has 172 valence electrons. The van der Waals surface area contributed by atoms with E-state index in [9.17, 15) is 14.0 Å². The maximum absolute atomic E-state index is 13.7. The number of halogens is 1. The molecule has 0 bridgehead atoms. The van der Waals surface area contributed by atoms with E-state index in [2.05, 4.69) is 21.9 Å². The van der Waals surface area contributed by atoms with Crippen LogP contribution in [0.5, 0.6) is 0 Å². The zero-order chi connectivity index (χ0) is 22.8. The Morgan fingerprint density at radius 2 is 1.30 bits per heavy atom. The van der Waals surface area contributed by atoms with E-state index in [1.54, 1.807) is 12.1 Å². The molecule has 2 amide bonds. The fraction of sp³-hybridized carbons (Fsp3) is 0.407. The predicted octanol–water partition coefficient (Wildman–Crippen LogP) is 4.45. The highest BCUT2D eigenvalue weighted by Gasteiger charge is 2.45. The van der Waals surface area contributed by atoms with E-state index in [0.717, 1.165) is 51.6 Å². The maximum atomic E-state index is 13.7. The Morgan fingerprint density at radius 1 is 0.697 bits per heavy atom. The lowest BCUT2D eigenvalue weighted by Gasteiger charge is -2.38. The Kier molecular flexibility index (Phi) is 6.16. The molecule has 6 heteroatoms. The van der Waals surface area contributed by atoms with Crippen molar-refractivity contribution in [2.24, 2.45) is 0 Å². The number of piperazine rings is 1. The number of hydrogen-bond donors (Lipinski definition) is 0. The zero-order valence-electron chi connectivity index (χ0n) is 18.9. The molecule has 2 aromatic rings. The number of para-hydroxylation sites is 1. The predicted molar refractivity (Wildman–Crippen MR) is 127 cm³/mol. The molecule has 0 spiro atoms. The van der Waals surface area contributed by atoms with Crippen LogP contribution in [0.1, 0.15) is 44.1 Å². The number of carbonyl (C=O) groups excluding carboxylic acids is 2. The summed E-state index contributed by atoms with van der Waals surface area (Å²) >= 11 is 0. The molecule has 5 rings (SSSR count). The van der Waals surface area contributed by atoms with Crippen molar-refractivity contribution in [2.75, 3.05) is 31.1 Å². The number of anilines is 1. The fourth-order valence-electron chi connectivity index (χ4n) is 5.38. The minimum absolute atomic E-state index is 0.0499. The molecule has 0 radical (unpaired) electrons. The van der Waals surface area contributed by atoms with Crippen LogP contribution in [0, 0.1) is 5.82 Å². The van der Waals surface area contributed by atoms with E-state index in [-0.39, 0.29) is 23.7 Å². The second-order valence-corrected chi connectivity index (χ2v) is 9.17. The van der Waals surface area contributed by atoms with Gasteiger partial charge >= 0.3 is 0 Å². The van der Waals surface area contributed by atoms with Crippen LogP contribution in [0.25, 0.3) is 5.57 Å². The van der Waals surface area contributed by atoms with Crippen molar-refractivity contribution in [3.63, 3.8) is 0 Å². The smallest absolute Gasteiger partial charge is 0.278 e. The van der Waals surface area contributed by atoms with Gasteiger partial charge < -0.3 is 9.80 Å². The fourth-order valence-corrected chi connectivity index (χ4v) is 5.38. The van der Waals surface area contributed by atoms with Gasteiger partial charge in [0.05, 0.1) is 5.57 Å². The lowest BCUT2D eigenvalue weighted by Crippen LogP contribution is -2.48. The van der Waals surface area contributed by atoms with E-state index >= 15 is 0 Å². The first-order chi connectivity index (χ1) is 16.1. The van der Waals surface area contributed by atoms with E-state index < -0.39 is 0 Å². The first-order valence-corrected chi connectivity index (χ1v) is 12.1. The summed E-state index contributed by atoms with van der Waals surface area (Å²) in [5, 5.41) is 0. The molecule has 0 unspecified atom stereocenters. The van der Waals surface area contributed by atoms with Gasteiger partial charge in [-0.1, -0.05) is 56.0 Å². The van der Waals surface area contributed by atoms with Gasteiger partial charge in [0, 0.05) is 37.9 Å². The second-order valence-electron chi connectivity index (χ2n) is 9.17. The minimum atomic E-state index is -0.352. The normalized spacial score (nSPS) is 20.6. The molecule has 2 aliphatic heterocycles. The molecular formula is C27H30FN3O2. The number of hydrogen-bond acceptors (Lipinski definition) is 4. The molecule has 2 aromatic carbocycles. The van der Waals surface area contributed by atoms with E-state index in [1.165, 1.54) is 22.7 Å². The van der Waals surface area contributed by atoms with Gasteiger partial charge in [0.2, 0.25) is 0 Å². The Balaban J connectivity index is 1.45. The van der Waals surface area contributed by atoms with Crippen molar-refractivity contribution in [3.8, 4) is 0 Å². The SMILES string of the molecule is O=C1C(c2ccc(F)cc2)=C(N2CCN(c3ccccc3)CC2)C(=O)N1C1CCCCCC1. The molecule has 0 aromatic heterocycles. The van der Waals surface area contributed by atoms with Crippen LogP contribution in [0.4, 0.5) is 10.1 Å². The monoisotopic (exact) mass is 447 g/mol. The largest absolute Gasteiger partial charge is 0.368 e. The Bertz CT molecular complexity index is 1030. The molecule has 33 heavy (non-hydrogen) atoms. The van der Waals surface area contributed by atoms with Gasteiger partial charge in [0.15, 0.2) is 0 Å². The molecule has 0 N–H and O–H groups in total. The summed E-state index contributed by atoms with van der Waals surface area (Å²) in [6, 6.07) is 16.2. The van der Waals surface area contributed by atoms with Gasteiger partial charge in [-0.2, -0.15) is 0 Å². The van der Waals surface area contributed by atoms with Crippen LogP contribution in [-0.2, 0) is 9.59 Å². The zero-order valence-corrected chi connectivity index (χ0v) is 18.9. The quantitative estimate of drug-likeness (QED) is 0.513. The second kappa shape index (κ2) is 9.38. The van der Waals surface area contributed by atoms with Gasteiger partial charge in [-0.25, -0.2) is 4.39 Å². The van der Waals surface area contributed by atoms with Crippen molar-refractivity contribution in [3.05, 3.63) is 71.7 Å². The topological polar surface area (TPSA) is 43.9 Å². The third-order valence-corrected chi connectivity index (χ3v) is 7.13. The summed E-state index contributed by atoms with van der Waals surface area (Å²) in [4.78, 5) is 33.3. The maximum Gasteiger partial charge on any atom is 0.278 e. The summed E-state index contributed by atoms with van der Waals surface area (Å²) in [5.41, 5.74) is 2.70. The lowest BCUT2D eigenvalue weighted by molar-refractivity contribution is -0.140. The molecular weight excluding hydrogens is 417 g/mol. The van der Waals surface area contributed by atoms with E-state index in [4.69, 9.17) is 0 Å². The minimum Gasteiger partial charge on any atom is -0.368 e. The first-order valence-electron chi connectivity index (χ1n) is 12.1. The van der Waals surface area contributed by atoms with Crippen molar-refractivity contribution in [1.29, 1.82) is 0 Å². The number of imide groups is 1. The molecule has 2 heterocycles. The lowest BCUT2D eigenvalue weighted by atomic mass is 10.0. The highest BCUT2D eigenvalue weighted by molar-refractivity contribution is 6.35. The highest BCUT2D eigenvalue weighted by Crippen LogP contribution is 2.36. The third-order valence-electron chi connectivity index (χ3n) is 7.13. The molecule has 3 aliphatic rings. The molecule has 0 atom stereocenters. The first kappa shape index (κ1) is 21.7. The average Bonchev–Trinajstić information content (AvgIpc) is 3.00. The van der Waals surface area contributed by atoms with Crippen molar-refractivity contribution >= 4 is 23.1 Å². The van der Waals surface area contributed by atoms with Gasteiger partial charge in [0.1, 0.15) is 11.5 Å². The Hall–Kier alpha value is -3.15. The summed E-state index contributed by atoms with van der Waals surface area (Å²) in [6.45, 7) is 2.86. The molecule has 1 saturated carbocycles. The van der Waals surface area contributed by atoms with E-state index in [1.807, 2.05) is 18.2 Å². The van der Waals surface area contributed by atoms with Crippen molar-refractivity contribution < 1.29 is 14.0 Å². The highest BCUT2D eigenvalue weighted by atomic mass is 19.1. The summed E-state index contributed by atoms with van der Waals surface area (Å²) < 4.78 is 13.6. The van der Waals surface area contributed by atoms with Crippen LogP contribution in [0.3, 0.4) is 0 Å². The Morgan fingerprint density at radius 3 is 1.94 bits per heavy atom. The van der Waals surface area contributed by atoms with Crippen LogP contribution >= 0.6 is 0 Å². The van der Waals surface area contributed by atoms with Crippen molar-refractivity contribution in [2.45, 2.75) is 44.6 Å². The van der Waals surface area contributed by atoms with E-state index in [0.29, 0.717) is 29.9 Å².